The molecule has 1 aromatic carbocycles. The van der Waals surface area contributed by atoms with Crippen LogP contribution >= 0.6 is 0 Å². The second kappa shape index (κ2) is 9.30. The Morgan fingerprint density at radius 1 is 1.17 bits per heavy atom. The highest BCUT2D eigenvalue weighted by atomic mass is 16.5. The highest BCUT2D eigenvalue weighted by molar-refractivity contribution is 6.02. The minimum absolute atomic E-state index is 0.300. The fraction of sp³-hybridized carbons (Fsp3) is 0.292. The Morgan fingerprint density at radius 2 is 2.06 bits per heavy atom. The molecule has 184 valence electrons. The minimum atomic E-state index is -0.397. The van der Waals surface area contributed by atoms with Gasteiger partial charge in [-0.1, -0.05) is 6.07 Å². The number of imidazole rings is 2. The highest BCUT2D eigenvalue weighted by Crippen LogP contribution is 2.26. The average Bonchev–Trinajstić information content (AvgIpc) is 3.66. The molecule has 6 rings (SSSR count). The summed E-state index contributed by atoms with van der Waals surface area (Å²) in [5.74, 6) is 1.42. The van der Waals surface area contributed by atoms with Gasteiger partial charge in [-0.15, -0.1) is 0 Å². The van der Waals surface area contributed by atoms with Gasteiger partial charge in [-0.2, -0.15) is 9.97 Å². The third-order valence-electron chi connectivity index (χ3n) is 5.94. The standard InChI is InChI=1S/C24H24N8O4/c1-2-36-23(33)16-4-3-5-17-19(16)28-18(27-17)12-25-21-20-22(32(14-26-20)15-6-9-35-13-15)30-24(29-21)31-7-10-34-11-8-31/h3-6,9,13-14H,2,7-8,10-12H2,1H3,(H,27,28)(H,25,29,30). The number of rotatable bonds is 7. The number of anilines is 2. The van der Waals surface area contributed by atoms with Crippen molar-refractivity contribution in [2.24, 2.45) is 0 Å². The Bertz CT molecular complexity index is 1520. The van der Waals surface area contributed by atoms with Crippen molar-refractivity contribution in [2.45, 2.75) is 13.5 Å². The number of benzene rings is 1. The number of nitrogens with zero attached hydrogens (tertiary/aromatic N) is 6. The van der Waals surface area contributed by atoms with Crippen molar-refractivity contribution >= 4 is 39.9 Å². The van der Waals surface area contributed by atoms with Gasteiger partial charge in [0.15, 0.2) is 17.0 Å². The van der Waals surface area contributed by atoms with E-state index >= 15 is 0 Å². The summed E-state index contributed by atoms with van der Waals surface area (Å²) in [6.07, 6.45) is 4.95. The highest BCUT2D eigenvalue weighted by Gasteiger charge is 2.21. The Morgan fingerprint density at radius 3 is 2.86 bits per heavy atom. The molecule has 0 unspecified atom stereocenters. The van der Waals surface area contributed by atoms with Crippen LogP contribution in [0.5, 0.6) is 0 Å². The molecule has 1 aliphatic rings. The van der Waals surface area contributed by atoms with Crippen LogP contribution in [0.25, 0.3) is 27.9 Å². The fourth-order valence-corrected chi connectivity index (χ4v) is 4.21. The van der Waals surface area contributed by atoms with Gasteiger partial charge in [0, 0.05) is 19.2 Å². The number of carbonyl (C=O) groups excluding carboxylic acids is 1. The largest absolute Gasteiger partial charge is 0.470 e. The fourth-order valence-electron chi connectivity index (χ4n) is 4.21. The van der Waals surface area contributed by atoms with Gasteiger partial charge in [-0.05, 0) is 19.1 Å². The molecular formula is C24H24N8O4. The molecule has 1 fully saturated rings. The predicted molar refractivity (Wildman–Crippen MR) is 131 cm³/mol. The molecule has 1 aliphatic heterocycles. The van der Waals surface area contributed by atoms with Crippen molar-refractivity contribution in [3.05, 3.63) is 54.5 Å². The minimum Gasteiger partial charge on any atom is -0.470 e. The molecule has 5 aromatic rings. The summed E-state index contributed by atoms with van der Waals surface area (Å²) in [5.41, 5.74) is 3.84. The lowest BCUT2D eigenvalue weighted by Gasteiger charge is -2.27. The van der Waals surface area contributed by atoms with Crippen LogP contribution in [-0.2, 0) is 16.0 Å². The number of aromatic nitrogens is 6. The van der Waals surface area contributed by atoms with Gasteiger partial charge in [0.25, 0.3) is 0 Å². The van der Waals surface area contributed by atoms with Gasteiger partial charge in [0.1, 0.15) is 23.9 Å². The molecule has 0 atom stereocenters. The van der Waals surface area contributed by atoms with Crippen LogP contribution in [-0.4, -0.2) is 68.4 Å². The molecule has 36 heavy (non-hydrogen) atoms. The zero-order chi connectivity index (χ0) is 24.5. The lowest BCUT2D eigenvalue weighted by molar-refractivity contribution is 0.0528. The summed E-state index contributed by atoms with van der Waals surface area (Å²) < 4.78 is 17.8. The molecule has 12 heteroatoms. The summed E-state index contributed by atoms with van der Waals surface area (Å²) in [6, 6.07) is 7.24. The second-order valence-electron chi connectivity index (χ2n) is 8.20. The molecule has 0 saturated carbocycles. The molecule has 0 radical (unpaired) electrons. The van der Waals surface area contributed by atoms with Gasteiger partial charge >= 0.3 is 5.97 Å². The van der Waals surface area contributed by atoms with Crippen molar-refractivity contribution in [1.29, 1.82) is 0 Å². The number of esters is 1. The second-order valence-corrected chi connectivity index (χ2v) is 8.20. The molecule has 1 saturated heterocycles. The Kier molecular flexibility index (Phi) is 5.70. The normalized spacial score (nSPS) is 14.0. The Labute approximate surface area is 205 Å². The summed E-state index contributed by atoms with van der Waals surface area (Å²) in [7, 11) is 0. The number of fused-ring (bicyclic) bond motifs is 2. The summed E-state index contributed by atoms with van der Waals surface area (Å²) >= 11 is 0. The molecule has 0 aliphatic carbocycles. The first-order valence-corrected chi connectivity index (χ1v) is 11.7. The first-order valence-electron chi connectivity index (χ1n) is 11.7. The molecule has 0 spiro atoms. The zero-order valence-corrected chi connectivity index (χ0v) is 19.6. The Hall–Kier alpha value is -4.45. The van der Waals surface area contributed by atoms with Crippen molar-refractivity contribution in [3.63, 3.8) is 0 Å². The van der Waals surface area contributed by atoms with E-state index in [2.05, 4.69) is 25.2 Å². The van der Waals surface area contributed by atoms with Gasteiger partial charge in [0.05, 0.1) is 49.4 Å². The van der Waals surface area contributed by atoms with Crippen molar-refractivity contribution < 1.29 is 18.7 Å². The summed E-state index contributed by atoms with van der Waals surface area (Å²) in [6.45, 7) is 5.05. The molecule has 5 heterocycles. The first-order chi connectivity index (χ1) is 17.7. The van der Waals surface area contributed by atoms with E-state index in [-0.39, 0.29) is 0 Å². The van der Waals surface area contributed by atoms with Gasteiger partial charge in [-0.3, -0.25) is 4.57 Å². The van der Waals surface area contributed by atoms with Crippen molar-refractivity contribution in [2.75, 3.05) is 43.1 Å². The number of hydrogen-bond donors (Lipinski definition) is 2. The number of ether oxygens (including phenoxy) is 2. The van der Waals surface area contributed by atoms with E-state index in [9.17, 15) is 4.79 Å². The van der Waals surface area contributed by atoms with Crippen LogP contribution in [0.15, 0.2) is 47.5 Å². The van der Waals surface area contributed by atoms with Crippen LogP contribution in [0, 0.1) is 0 Å². The van der Waals surface area contributed by atoms with Gasteiger partial charge in [0.2, 0.25) is 5.95 Å². The number of carbonyl (C=O) groups is 1. The number of morpholine rings is 1. The first kappa shape index (κ1) is 22.0. The lowest BCUT2D eigenvalue weighted by atomic mass is 10.2. The third-order valence-corrected chi connectivity index (χ3v) is 5.94. The van der Waals surface area contributed by atoms with E-state index in [1.807, 2.05) is 16.7 Å². The molecule has 12 nitrogen and oxygen atoms in total. The Balaban J connectivity index is 1.35. The summed E-state index contributed by atoms with van der Waals surface area (Å²) in [4.78, 5) is 36.5. The number of para-hydroxylation sites is 1. The van der Waals surface area contributed by atoms with Crippen LogP contribution in [0.3, 0.4) is 0 Å². The number of furan rings is 1. The van der Waals surface area contributed by atoms with Crippen LogP contribution in [0.1, 0.15) is 23.1 Å². The average molecular weight is 489 g/mol. The van der Waals surface area contributed by atoms with Crippen LogP contribution in [0.2, 0.25) is 0 Å². The monoisotopic (exact) mass is 488 g/mol. The summed E-state index contributed by atoms with van der Waals surface area (Å²) in [5, 5.41) is 3.36. The van der Waals surface area contributed by atoms with Crippen LogP contribution < -0.4 is 10.2 Å². The maximum atomic E-state index is 12.3. The number of nitrogens with one attached hydrogen (secondary N) is 2. The molecule has 2 N–H and O–H groups in total. The van der Waals surface area contributed by atoms with E-state index in [0.717, 1.165) is 11.2 Å². The number of aromatic amines is 1. The lowest BCUT2D eigenvalue weighted by Crippen LogP contribution is -2.37. The van der Waals surface area contributed by atoms with E-state index in [1.54, 1.807) is 37.9 Å². The third kappa shape index (κ3) is 4.01. The quantitative estimate of drug-likeness (QED) is 0.329. The maximum Gasteiger partial charge on any atom is 0.340 e. The van der Waals surface area contributed by atoms with E-state index in [1.165, 1.54) is 0 Å². The van der Waals surface area contributed by atoms with Crippen molar-refractivity contribution in [3.8, 4) is 5.69 Å². The van der Waals surface area contributed by atoms with Crippen molar-refractivity contribution in [1.82, 2.24) is 29.5 Å². The van der Waals surface area contributed by atoms with Gasteiger partial charge < -0.3 is 29.1 Å². The smallest absolute Gasteiger partial charge is 0.340 e. The van der Waals surface area contributed by atoms with E-state index in [0.29, 0.717) is 79.3 Å². The van der Waals surface area contributed by atoms with E-state index in [4.69, 9.17) is 23.9 Å². The number of hydrogen-bond acceptors (Lipinski definition) is 10. The molecule has 0 amide bonds. The molecule has 4 aromatic heterocycles. The zero-order valence-electron chi connectivity index (χ0n) is 19.6. The maximum absolute atomic E-state index is 12.3. The van der Waals surface area contributed by atoms with E-state index < -0.39 is 5.97 Å². The molecule has 0 bridgehead atoms. The SMILES string of the molecule is CCOC(=O)c1cccc2[nH]c(CNc3nc(N4CCOCC4)nc4c3ncn4-c3ccoc3)nc12. The number of H-pyrrole nitrogens is 1. The van der Waals surface area contributed by atoms with Crippen LogP contribution in [0.4, 0.5) is 11.8 Å². The topological polar surface area (TPSA) is 136 Å². The van der Waals surface area contributed by atoms with Gasteiger partial charge in [-0.25, -0.2) is 14.8 Å². The predicted octanol–water partition coefficient (Wildman–Crippen LogP) is 2.91. The molecular weight excluding hydrogens is 464 g/mol.